The summed E-state index contributed by atoms with van der Waals surface area (Å²) in [6.07, 6.45) is -0.620. The summed E-state index contributed by atoms with van der Waals surface area (Å²) in [7, 11) is 0. The van der Waals surface area contributed by atoms with Crippen molar-refractivity contribution in [2.24, 2.45) is 0 Å². The van der Waals surface area contributed by atoms with Gasteiger partial charge in [-0.1, -0.05) is 41.4 Å². The second-order valence-electron chi connectivity index (χ2n) is 5.44. The molecule has 1 N–H and O–H groups in total. The first-order valence-electron chi connectivity index (χ1n) is 7.81. The average Bonchev–Trinajstić information content (AvgIpc) is 2.62. The minimum atomic E-state index is -0.620. The summed E-state index contributed by atoms with van der Waals surface area (Å²) >= 11 is 13.7. The van der Waals surface area contributed by atoms with Crippen molar-refractivity contribution >= 4 is 40.9 Å². The minimum absolute atomic E-state index is 0.167. The van der Waals surface area contributed by atoms with Crippen LogP contribution in [0.1, 0.15) is 5.56 Å². The topological polar surface area (TPSA) is 47.6 Å². The molecule has 3 rings (SSSR count). The lowest BCUT2D eigenvalue weighted by molar-refractivity contribution is -0.130. The van der Waals surface area contributed by atoms with Gasteiger partial charge in [0.1, 0.15) is 6.61 Å². The summed E-state index contributed by atoms with van der Waals surface area (Å²) in [6.45, 7) is 0.770. The van der Waals surface area contributed by atoms with Gasteiger partial charge in [-0.15, -0.1) is 0 Å². The Morgan fingerprint density at radius 2 is 2.00 bits per heavy atom. The van der Waals surface area contributed by atoms with E-state index >= 15 is 0 Å². The van der Waals surface area contributed by atoms with Gasteiger partial charge in [0.2, 0.25) is 6.10 Å². The number of halogens is 2. The van der Waals surface area contributed by atoms with Gasteiger partial charge in [-0.3, -0.25) is 4.79 Å². The number of rotatable bonds is 6. The minimum Gasteiger partial charge on any atom is -0.485 e. The molecule has 2 aromatic carbocycles. The Bertz CT molecular complexity index is 757. The van der Waals surface area contributed by atoms with E-state index in [1.807, 2.05) is 30.3 Å². The van der Waals surface area contributed by atoms with E-state index in [0.717, 1.165) is 17.1 Å². The first-order chi connectivity index (χ1) is 12.1. The Kier molecular flexibility index (Phi) is 6.34. The van der Waals surface area contributed by atoms with E-state index in [-0.39, 0.29) is 12.5 Å². The second-order valence-corrected chi connectivity index (χ2v) is 7.39. The van der Waals surface area contributed by atoms with Gasteiger partial charge in [0.05, 0.1) is 0 Å². The number of nitrogens with one attached hydrogen (secondary N) is 1. The van der Waals surface area contributed by atoms with Crippen molar-refractivity contribution in [3.05, 3.63) is 58.1 Å². The summed E-state index contributed by atoms with van der Waals surface area (Å²) in [4.78, 5) is 12.2. The van der Waals surface area contributed by atoms with Crippen molar-refractivity contribution in [1.82, 2.24) is 5.32 Å². The van der Waals surface area contributed by atoms with E-state index in [4.69, 9.17) is 32.7 Å². The van der Waals surface area contributed by atoms with Crippen molar-refractivity contribution < 1.29 is 14.3 Å². The molecule has 0 saturated heterocycles. The molecule has 1 aliphatic rings. The number of hydrogen-bond acceptors (Lipinski definition) is 4. The predicted octanol–water partition coefficient (Wildman–Crippen LogP) is 4.18. The van der Waals surface area contributed by atoms with Crippen LogP contribution in [0.2, 0.25) is 10.0 Å². The molecule has 25 heavy (non-hydrogen) atoms. The van der Waals surface area contributed by atoms with Gasteiger partial charge in [0.25, 0.3) is 5.91 Å². The predicted molar refractivity (Wildman–Crippen MR) is 102 cm³/mol. The molecule has 0 bridgehead atoms. The van der Waals surface area contributed by atoms with E-state index < -0.39 is 6.10 Å². The third kappa shape index (κ3) is 4.97. The Labute approximate surface area is 160 Å². The fourth-order valence-electron chi connectivity index (χ4n) is 2.33. The van der Waals surface area contributed by atoms with Gasteiger partial charge in [0, 0.05) is 28.1 Å². The van der Waals surface area contributed by atoms with Gasteiger partial charge >= 0.3 is 0 Å². The van der Waals surface area contributed by atoms with Gasteiger partial charge in [-0.2, -0.15) is 11.8 Å². The lowest BCUT2D eigenvalue weighted by Gasteiger charge is -2.25. The molecule has 4 nitrogen and oxygen atoms in total. The van der Waals surface area contributed by atoms with Crippen LogP contribution in [0.25, 0.3) is 0 Å². The highest BCUT2D eigenvalue weighted by atomic mass is 35.5. The van der Waals surface area contributed by atoms with Crippen LogP contribution in [0.3, 0.4) is 0 Å². The van der Waals surface area contributed by atoms with Crippen molar-refractivity contribution in [3.63, 3.8) is 0 Å². The van der Waals surface area contributed by atoms with Crippen LogP contribution >= 0.6 is 35.0 Å². The first kappa shape index (κ1) is 18.2. The molecule has 1 atom stereocenters. The molecule has 0 spiro atoms. The van der Waals surface area contributed by atoms with Crippen molar-refractivity contribution in [1.29, 1.82) is 0 Å². The van der Waals surface area contributed by atoms with Crippen LogP contribution in [0.15, 0.2) is 42.5 Å². The quantitative estimate of drug-likeness (QED) is 0.742. The number of fused-ring (bicyclic) bond motifs is 1. The third-order valence-corrected chi connectivity index (χ3v) is 5.21. The molecular formula is C18H17Cl2NO3S. The maximum Gasteiger partial charge on any atom is 0.264 e. The maximum atomic E-state index is 12.2. The second kappa shape index (κ2) is 8.70. The van der Waals surface area contributed by atoms with Crippen LogP contribution in [0, 0.1) is 0 Å². The first-order valence-corrected chi connectivity index (χ1v) is 9.72. The normalized spacial score (nSPS) is 15.7. The molecule has 0 aromatic heterocycles. The lowest BCUT2D eigenvalue weighted by Crippen LogP contribution is -2.44. The largest absolute Gasteiger partial charge is 0.485 e. The summed E-state index contributed by atoms with van der Waals surface area (Å²) in [5.41, 5.74) is 1.03. The summed E-state index contributed by atoms with van der Waals surface area (Å²) in [6, 6.07) is 12.8. The standard InChI is InChI=1S/C18H17Cl2NO3S/c19-13-6-5-12(14(20)9-13)11-25-8-7-21-18(22)17-10-23-15-3-1-2-4-16(15)24-17/h1-6,9,17H,7-8,10-11H2,(H,21,22). The molecule has 2 aromatic rings. The summed E-state index contributed by atoms with van der Waals surface area (Å²) in [5, 5.41) is 4.16. The molecule has 1 amide bonds. The molecule has 132 valence electrons. The van der Waals surface area contributed by atoms with E-state index in [0.29, 0.717) is 28.1 Å². The van der Waals surface area contributed by atoms with Gasteiger partial charge < -0.3 is 14.8 Å². The monoisotopic (exact) mass is 397 g/mol. The average molecular weight is 398 g/mol. The fraction of sp³-hybridized carbons (Fsp3) is 0.278. The highest BCUT2D eigenvalue weighted by Gasteiger charge is 2.26. The Morgan fingerprint density at radius 1 is 1.20 bits per heavy atom. The zero-order chi connectivity index (χ0) is 17.6. The van der Waals surface area contributed by atoms with Gasteiger partial charge in [-0.25, -0.2) is 0 Å². The molecule has 0 aliphatic carbocycles. The van der Waals surface area contributed by atoms with Crippen molar-refractivity contribution in [2.75, 3.05) is 18.9 Å². The van der Waals surface area contributed by atoms with E-state index in [1.54, 1.807) is 23.9 Å². The van der Waals surface area contributed by atoms with E-state index in [9.17, 15) is 4.79 Å². The molecule has 1 aliphatic heterocycles. The zero-order valence-corrected chi connectivity index (χ0v) is 15.7. The zero-order valence-electron chi connectivity index (χ0n) is 13.3. The van der Waals surface area contributed by atoms with Crippen LogP contribution in [0.5, 0.6) is 11.5 Å². The molecule has 1 unspecified atom stereocenters. The van der Waals surface area contributed by atoms with E-state index in [2.05, 4.69) is 5.32 Å². The Hall–Kier alpha value is -1.56. The number of hydrogen-bond donors (Lipinski definition) is 1. The van der Waals surface area contributed by atoms with Crippen LogP contribution in [0.4, 0.5) is 0 Å². The van der Waals surface area contributed by atoms with Crippen LogP contribution in [-0.2, 0) is 10.5 Å². The number of benzene rings is 2. The van der Waals surface area contributed by atoms with E-state index in [1.165, 1.54) is 0 Å². The summed E-state index contributed by atoms with van der Waals surface area (Å²) in [5.74, 6) is 2.64. The number of ether oxygens (including phenoxy) is 2. The summed E-state index contributed by atoms with van der Waals surface area (Å²) < 4.78 is 11.2. The highest BCUT2D eigenvalue weighted by Crippen LogP contribution is 2.30. The van der Waals surface area contributed by atoms with Crippen LogP contribution < -0.4 is 14.8 Å². The van der Waals surface area contributed by atoms with Gasteiger partial charge in [0.15, 0.2) is 11.5 Å². The number of carbonyl (C=O) groups excluding carboxylic acids is 1. The number of thioether (sulfide) groups is 1. The van der Waals surface area contributed by atoms with Crippen molar-refractivity contribution in [2.45, 2.75) is 11.9 Å². The Morgan fingerprint density at radius 3 is 2.80 bits per heavy atom. The molecule has 1 heterocycles. The number of amides is 1. The number of carbonyl (C=O) groups is 1. The SMILES string of the molecule is O=C(NCCSCc1ccc(Cl)cc1Cl)C1COc2ccccc2O1. The molecular weight excluding hydrogens is 381 g/mol. The third-order valence-electron chi connectivity index (χ3n) is 3.62. The molecule has 7 heteroatoms. The highest BCUT2D eigenvalue weighted by molar-refractivity contribution is 7.98. The fourth-order valence-corrected chi connectivity index (χ4v) is 3.75. The smallest absolute Gasteiger partial charge is 0.264 e. The van der Waals surface area contributed by atoms with Gasteiger partial charge in [-0.05, 0) is 29.8 Å². The number of para-hydroxylation sites is 2. The van der Waals surface area contributed by atoms with Crippen LogP contribution in [-0.4, -0.2) is 30.9 Å². The lowest BCUT2D eigenvalue weighted by atomic mass is 10.2. The molecule has 0 fully saturated rings. The molecule has 0 radical (unpaired) electrons. The molecule has 0 saturated carbocycles. The van der Waals surface area contributed by atoms with Crippen molar-refractivity contribution in [3.8, 4) is 11.5 Å². The Balaban J connectivity index is 1.38. The maximum absolute atomic E-state index is 12.2.